The molecule has 26 heavy (non-hydrogen) atoms. The molecule has 2 aromatic rings. The summed E-state index contributed by atoms with van der Waals surface area (Å²) in [5.41, 5.74) is 2.83. The van der Waals surface area contributed by atoms with Crippen LogP contribution in [0.3, 0.4) is 0 Å². The first-order valence-electron chi connectivity index (χ1n) is 8.44. The van der Waals surface area contributed by atoms with Gasteiger partial charge < -0.3 is 20.3 Å². The summed E-state index contributed by atoms with van der Waals surface area (Å²) >= 11 is 0. The van der Waals surface area contributed by atoms with Crippen LogP contribution in [0.15, 0.2) is 48.5 Å². The number of nitrogens with one attached hydrogen (secondary N) is 2. The lowest BCUT2D eigenvalue weighted by Gasteiger charge is -2.14. The van der Waals surface area contributed by atoms with Crippen LogP contribution < -0.4 is 15.4 Å². The summed E-state index contributed by atoms with van der Waals surface area (Å²) in [5.74, 6) is 0.526. The van der Waals surface area contributed by atoms with E-state index in [1.165, 1.54) is 11.8 Å². The summed E-state index contributed by atoms with van der Waals surface area (Å²) in [6, 6.07) is 15.4. The van der Waals surface area contributed by atoms with Gasteiger partial charge in [-0.25, -0.2) is 0 Å². The fraction of sp³-hybridized carbons (Fsp3) is 0.300. The van der Waals surface area contributed by atoms with Crippen LogP contribution in [0.1, 0.15) is 18.1 Å². The van der Waals surface area contributed by atoms with Gasteiger partial charge in [0, 0.05) is 45.4 Å². The van der Waals surface area contributed by atoms with Crippen LogP contribution in [0, 0.1) is 0 Å². The number of amides is 2. The minimum absolute atomic E-state index is 0.0166. The second-order valence-corrected chi connectivity index (χ2v) is 6.17. The number of benzene rings is 2. The van der Waals surface area contributed by atoms with E-state index in [0.717, 1.165) is 16.8 Å². The second kappa shape index (κ2) is 9.58. The van der Waals surface area contributed by atoms with Crippen molar-refractivity contribution in [3.8, 4) is 5.75 Å². The zero-order chi connectivity index (χ0) is 18.9. The van der Waals surface area contributed by atoms with Gasteiger partial charge in [0.1, 0.15) is 5.75 Å². The molecule has 0 aromatic heterocycles. The SMILES string of the molecule is CC(=O)Nc1cccc(CNCc2ccccc2OCC(=O)N(C)C)c1. The normalized spacial score (nSPS) is 10.3. The van der Waals surface area contributed by atoms with Crippen LogP contribution in [0.2, 0.25) is 0 Å². The molecule has 0 saturated carbocycles. The molecule has 0 aliphatic rings. The molecule has 0 aliphatic carbocycles. The Bertz CT molecular complexity index is 759. The van der Waals surface area contributed by atoms with Crippen molar-refractivity contribution in [3.05, 3.63) is 59.7 Å². The van der Waals surface area contributed by atoms with E-state index in [4.69, 9.17) is 4.74 Å². The van der Waals surface area contributed by atoms with Crippen LogP contribution in [0.4, 0.5) is 5.69 Å². The topological polar surface area (TPSA) is 70.7 Å². The van der Waals surface area contributed by atoms with E-state index in [-0.39, 0.29) is 18.4 Å². The molecular formula is C20H25N3O3. The van der Waals surface area contributed by atoms with Crippen molar-refractivity contribution in [1.82, 2.24) is 10.2 Å². The summed E-state index contributed by atoms with van der Waals surface area (Å²) in [7, 11) is 3.41. The third kappa shape index (κ3) is 6.22. The lowest BCUT2D eigenvalue weighted by Crippen LogP contribution is -2.27. The number of hydrogen-bond donors (Lipinski definition) is 2. The van der Waals surface area contributed by atoms with Crippen molar-refractivity contribution >= 4 is 17.5 Å². The molecule has 0 atom stereocenters. The number of rotatable bonds is 8. The highest BCUT2D eigenvalue weighted by molar-refractivity contribution is 5.88. The Kier molecular flexibility index (Phi) is 7.17. The number of para-hydroxylation sites is 1. The lowest BCUT2D eigenvalue weighted by atomic mass is 10.1. The van der Waals surface area contributed by atoms with Crippen molar-refractivity contribution in [2.45, 2.75) is 20.0 Å². The molecule has 0 fully saturated rings. The molecule has 0 heterocycles. The van der Waals surface area contributed by atoms with Gasteiger partial charge in [0.15, 0.2) is 6.61 Å². The molecule has 2 N–H and O–H groups in total. The molecule has 138 valence electrons. The number of carbonyl (C=O) groups is 2. The van der Waals surface area contributed by atoms with E-state index < -0.39 is 0 Å². The van der Waals surface area contributed by atoms with Gasteiger partial charge in [-0.05, 0) is 23.8 Å². The van der Waals surface area contributed by atoms with Crippen LogP contribution in [0.25, 0.3) is 0 Å². The number of carbonyl (C=O) groups excluding carboxylic acids is 2. The first-order chi connectivity index (χ1) is 12.5. The molecule has 0 radical (unpaired) electrons. The highest BCUT2D eigenvalue weighted by Crippen LogP contribution is 2.18. The average molecular weight is 355 g/mol. The second-order valence-electron chi connectivity index (χ2n) is 6.17. The van der Waals surface area contributed by atoms with E-state index in [9.17, 15) is 9.59 Å². The molecule has 2 amide bonds. The molecule has 2 rings (SSSR count). The van der Waals surface area contributed by atoms with Crippen molar-refractivity contribution in [3.63, 3.8) is 0 Å². The smallest absolute Gasteiger partial charge is 0.259 e. The van der Waals surface area contributed by atoms with Crippen molar-refractivity contribution < 1.29 is 14.3 Å². The average Bonchev–Trinajstić information content (AvgIpc) is 2.60. The Hall–Kier alpha value is -2.86. The van der Waals surface area contributed by atoms with E-state index in [1.54, 1.807) is 14.1 Å². The Morgan fingerprint density at radius 1 is 1.04 bits per heavy atom. The number of likely N-dealkylation sites (N-methyl/N-ethyl adjacent to an activating group) is 1. The highest BCUT2D eigenvalue weighted by Gasteiger charge is 2.08. The molecular weight excluding hydrogens is 330 g/mol. The van der Waals surface area contributed by atoms with Crippen LogP contribution in [-0.2, 0) is 22.7 Å². The minimum Gasteiger partial charge on any atom is -0.483 e. The van der Waals surface area contributed by atoms with Crippen LogP contribution in [-0.4, -0.2) is 37.4 Å². The maximum Gasteiger partial charge on any atom is 0.259 e. The Balaban J connectivity index is 1.91. The van der Waals surface area contributed by atoms with Gasteiger partial charge in [0.05, 0.1) is 0 Å². The van der Waals surface area contributed by atoms with Gasteiger partial charge in [-0.2, -0.15) is 0 Å². The molecule has 0 aliphatic heterocycles. The highest BCUT2D eigenvalue weighted by atomic mass is 16.5. The third-order valence-corrected chi connectivity index (χ3v) is 3.71. The van der Waals surface area contributed by atoms with Gasteiger partial charge in [-0.15, -0.1) is 0 Å². The quantitative estimate of drug-likeness (QED) is 0.763. The van der Waals surface area contributed by atoms with Crippen molar-refractivity contribution in [2.24, 2.45) is 0 Å². The van der Waals surface area contributed by atoms with E-state index in [1.807, 2.05) is 48.5 Å². The van der Waals surface area contributed by atoms with E-state index in [0.29, 0.717) is 18.8 Å². The van der Waals surface area contributed by atoms with Gasteiger partial charge in [0.25, 0.3) is 5.91 Å². The summed E-state index contributed by atoms with van der Waals surface area (Å²) in [6.07, 6.45) is 0. The van der Waals surface area contributed by atoms with Crippen molar-refractivity contribution in [2.75, 3.05) is 26.0 Å². The fourth-order valence-electron chi connectivity index (χ4n) is 2.36. The Labute approximate surface area is 154 Å². The van der Waals surface area contributed by atoms with E-state index >= 15 is 0 Å². The molecule has 6 nitrogen and oxygen atoms in total. The Morgan fingerprint density at radius 3 is 2.54 bits per heavy atom. The monoisotopic (exact) mass is 355 g/mol. The number of hydrogen-bond acceptors (Lipinski definition) is 4. The molecule has 0 bridgehead atoms. The Morgan fingerprint density at radius 2 is 1.81 bits per heavy atom. The third-order valence-electron chi connectivity index (χ3n) is 3.71. The van der Waals surface area contributed by atoms with E-state index in [2.05, 4.69) is 10.6 Å². The largest absolute Gasteiger partial charge is 0.483 e. The molecule has 0 unspecified atom stereocenters. The molecule has 0 spiro atoms. The molecule has 6 heteroatoms. The summed E-state index contributed by atoms with van der Waals surface area (Å²) < 4.78 is 5.65. The zero-order valence-electron chi connectivity index (χ0n) is 15.4. The maximum atomic E-state index is 11.7. The fourth-order valence-corrected chi connectivity index (χ4v) is 2.36. The lowest BCUT2D eigenvalue weighted by molar-refractivity contribution is -0.130. The first-order valence-corrected chi connectivity index (χ1v) is 8.44. The maximum absolute atomic E-state index is 11.7. The van der Waals surface area contributed by atoms with Crippen molar-refractivity contribution in [1.29, 1.82) is 0 Å². The van der Waals surface area contributed by atoms with Gasteiger partial charge in [-0.3, -0.25) is 9.59 Å². The van der Waals surface area contributed by atoms with Gasteiger partial charge in [-0.1, -0.05) is 30.3 Å². The first kappa shape index (κ1) is 19.5. The zero-order valence-corrected chi connectivity index (χ0v) is 15.4. The molecule has 0 saturated heterocycles. The minimum atomic E-state index is -0.0894. The standard InChI is InChI=1S/C20H25N3O3/c1-15(24)22-18-9-6-7-16(11-18)12-21-13-17-8-4-5-10-19(17)26-14-20(25)23(2)3/h4-11,21H,12-14H2,1-3H3,(H,22,24). The summed E-state index contributed by atoms with van der Waals surface area (Å²) in [5, 5.41) is 6.14. The molecule has 2 aromatic carbocycles. The summed E-state index contributed by atoms with van der Waals surface area (Å²) in [6.45, 7) is 2.76. The van der Waals surface area contributed by atoms with Crippen LogP contribution >= 0.6 is 0 Å². The summed E-state index contributed by atoms with van der Waals surface area (Å²) in [4.78, 5) is 24.3. The van der Waals surface area contributed by atoms with Gasteiger partial charge >= 0.3 is 0 Å². The predicted molar refractivity (Wildman–Crippen MR) is 102 cm³/mol. The predicted octanol–water partition coefficient (Wildman–Crippen LogP) is 2.40. The number of anilines is 1. The van der Waals surface area contributed by atoms with Gasteiger partial charge in [0.2, 0.25) is 5.91 Å². The number of ether oxygens (including phenoxy) is 1. The number of nitrogens with zero attached hydrogens (tertiary/aromatic N) is 1. The van der Waals surface area contributed by atoms with Crippen LogP contribution in [0.5, 0.6) is 5.75 Å².